The topological polar surface area (TPSA) is 86.0 Å². The smallest absolute Gasteiger partial charge is 0.237 e. The minimum Gasteiger partial charge on any atom is -0.497 e. The van der Waals surface area contributed by atoms with Crippen molar-refractivity contribution >= 4 is 28.5 Å². The van der Waals surface area contributed by atoms with Crippen LogP contribution in [0.5, 0.6) is 5.75 Å². The van der Waals surface area contributed by atoms with E-state index < -0.39 is 0 Å². The number of thioether (sulfide) groups is 1. The number of hydrogen-bond donors (Lipinski definition) is 1. The van der Waals surface area contributed by atoms with Crippen molar-refractivity contribution in [2.45, 2.75) is 17.8 Å². The maximum Gasteiger partial charge on any atom is 0.237 e. The fourth-order valence-corrected chi connectivity index (χ4v) is 3.43. The molecule has 0 fully saturated rings. The van der Waals surface area contributed by atoms with E-state index >= 15 is 0 Å². The summed E-state index contributed by atoms with van der Waals surface area (Å²) in [6, 6.07) is 15.5. The van der Waals surface area contributed by atoms with Crippen molar-refractivity contribution in [2.24, 2.45) is 0 Å². The molecule has 2 heterocycles. The van der Waals surface area contributed by atoms with E-state index in [4.69, 9.17) is 9.26 Å². The number of rotatable bonds is 7. The molecule has 0 aliphatic heterocycles. The van der Waals surface area contributed by atoms with Crippen LogP contribution in [0.25, 0.3) is 22.3 Å². The second-order valence-electron chi connectivity index (χ2n) is 5.93. The quantitative estimate of drug-likeness (QED) is 0.365. The molecular weight excluding hydrogens is 374 g/mol. The van der Waals surface area contributed by atoms with Crippen LogP contribution in [0.4, 0.5) is 5.82 Å². The molecule has 0 saturated heterocycles. The van der Waals surface area contributed by atoms with Crippen LogP contribution in [-0.2, 0) is 5.75 Å². The summed E-state index contributed by atoms with van der Waals surface area (Å²) in [7, 11) is 1.63. The van der Waals surface area contributed by atoms with Gasteiger partial charge in [0.05, 0.1) is 18.4 Å². The lowest BCUT2D eigenvalue weighted by Gasteiger charge is -2.08. The SMILES string of the molecule is CCNc1nc(SCc2nc(-c3cccc(OC)c3)no2)nc2ccccc12. The van der Waals surface area contributed by atoms with Gasteiger partial charge < -0.3 is 14.6 Å². The molecule has 1 N–H and O–H groups in total. The van der Waals surface area contributed by atoms with Crippen LogP contribution in [0.1, 0.15) is 12.8 Å². The van der Waals surface area contributed by atoms with E-state index in [1.54, 1.807) is 7.11 Å². The molecule has 2 aromatic carbocycles. The number of ether oxygens (including phenoxy) is 1. The molecule has 4 rings (SSSR count). The predicted molar refractivity (Wildman–Crippen MR) is 110 cm³/mol. The minimum atomic E-state index is 0.487. The average molecular weight is 393 g/mol. The molecule has 0 saturated carbocycles. The van der Waals surface area contributed by atoms with Gasteiger partial charge in [0.15, 0.2) is 5.16 Å². The summed E-state index contributed by atoms with van der Waals surface area (Å²) in [5.74, 6) is 3.12. The largest absolute Gasteiger partial charge is 0.497 e. The van der Waals surface area contributed by atoms with Crippen LogP contribution in [0.2, 0.25) is 0 Å². The summed E-state index contributed by atoms with van der Waals surface area (Å²) in [6.45, 7) is 2.83. The zero-order valence-electron chi connectivity index (χ0n) is 15.5. The zero-order chi connectivity index (χ0) is 19.3. The summed E-state index contributed by atoms with van der Waals surface area (Å²) in [4.78, 5) is 13.7. The fraction of sp³-hybridized carbons (Fsp3) is 0.200. The van der Waals surface area contributed by atoms with Gasteiger partial charge in [0, 0.05) is 17.5 Å². The number of aromatic nitrogens is 4. The van der Waals surface area contributed by atoms with E-state index in [1.165, 1.54) is 11.8 Å². The molecule has 0 bridgehead atoms. The Kier molecular flexibility index (Phi) is 5.38. The van der Waals surface area contributed by atoms with Gasteiger partial charge in [0.2, 0.25) is 11.7 Å². The van der Waals surface area contributed by atoms with E-state index in [0.717, 1.165) is 34.6 Å². The summed E-state index contributed by atoms with van der Waals surface area (Å²) >= 11 is 1.46. The molecule has 0 aliphatic rings. The molecule has 28 heavy (non-hydrogen) atoms. The maximum absolute atomic E-state index is 5.39. The first-order chi connectivity index (χ1) is 13.8. The van der Waals surface area contributed by atoms with Crippen LogP contribution in [0.15, 0.2) is 58.2 Å². The molecule has 0 unspecified atom stereocenters. The Labute approximate surface area is 166 Å². The van der Waals surface area contributed by atoms with Crippen LogP contribution < -0.4 is 10.1 Å². The summed E-state index contributed by atoms with van der Waals surface area (Å²) in [5, 5.41) is 9.03. The van der Waals surface area contributed by atoms with Crippen molar-refractivity contribution < 1.29 is 9.26 Å². The van der Waals surface area contributed by atoms with E-state index in [-0.39, 0.29) is 0 Å². The van der Waals surface area contributed by atoms with Gasteiger partial charge in [-0.05, 0) is 31.2 Å². The van der Waals surface area contributed by atoms with Crippen molar-refractivity contribution in [3.8, 4) is 17.1 Å². The fourth-order valence-electron chi connectivity index (χ4n) is 2.74. The third-order valence-corrected chi connectivity index (χ3v) is 4.88. The summed E-state index contributed by atoms with van der Waals surface area (Å²) < 4.78 is 10.6. The molecule has 142 valence electrons. The van der Waals surface area contributed by atoms with Crippen molar-refractivity contribution in [2.75, 3.05) is 19.0 Å². The number of fused-ring (bicyclic) bond motifs is 1. The highest BCUT2D eigenvalue weighted by atomic mass is 32.2. The van der Waals surface area contributed by atoms with Crippen molar-refractivity contribution in [1.29, 1.82) is 0 Å². The second-order valence-corrected chi connectivity index (χ2v) is 6.88. The first kappa shape index (κ1) is 18.2. The van der Waals surface area contributed by atoms with Gasteiger partial charge in [-0.15, -0.1) is 0 Å². The van der Waals surface area contributed by atoms with Crippen LogP contribution in [0, 0.1) is 0 Å². The van der Waals surface area contributed by atoms with Crippen molar-refractivity contribution in [3.05, 3.63) is 54.4 Å². The van der Waals surface area contributed by atoms with Gasteiger partial charge >= 0.3 is 0 Å². The number of nitrogens with zero attached hydrogens (tertiary/aromatic N) is 4. The van der Waals surface area contributed by atoms with E-state index in [0.29, 0.717) is 22.6 Å². The molecule has 0 atom stereocenters. The summed E-state index contributed by atoms with van der Waals surface area (Å²) in [6.07, 6.45) is 0. The Bertz CT molecular complexity index is 1100. The number of nitrogens with one attached hydrogen (secondary N) is 1. The number of hydrogen-bond acceptors (Lipinski definition) is 8. The Morgan fingerprint density at radius 2 is 1.96 bits per heavy atom. The van der Waals surface area contributed by atoms with E-state index in [9.17, 15) is 0 Å². The molecule has 0 amide bonds. The molecule has 0 aliphatic carbocycles. The van der Waals surface area contributed by atoms with Gasteiger partial charge in [0.25, 0.3) is 0 Å². The third-order valence-electron chi connectivity index (χ3n) is 4.05. The lowest BCUT2D eigenvalue weighted by Crippen LogP contribution is -2.02. The Morgan fingerprint density at radius 3 is 2.82 bits per heavy atom. The van der Waals surface area contributed by atoms with Crippen LogP contribution >= 0.6 is 11.8 Å². The number of benzene rings is 2. The van der Waals surface area contributed by atoms with Crippen molar-refractivity contribution in [1.82, 2.24) is 20.1 Å². The highest BCUT2D eigenvalue weighted by molar-refractivity contribution is 7.98. The molecule has 8 heteroatoms. The second kappa shape index (κ2) is 8.26. The Hall–Kier alpha value is -3.13. The molecule has 4 aromatic rings. The lowest BCUT2D eigenvalue weighted by molar-refractivity contribution is 0.391. The van der Waals surface area contributed by atoms with E-state index in [2.05, 4.69) is 25.4 Å². The Balaban J connectivity index is 1.52. The first-order valence-electron chi connectivity index (χ1n) is 8.87. The lowest BCUT2D eigenvalue weighted by atomic mass is 10.2. The third kappa shape index (κ3) is 3.91. The normalized spacial score (nSPS) is 10.9. The first-order valence-corrected chi connectivity index (χ1v) is 9.86. The van der Waals surface area contributed by atoms with Crippen LogP contribution in [0.3, 0.4) is 0 Å². The highest BCUT2D eigenvalue weighted by Crippen LogP contribution is 2.27. The van der Waals surface area contributed by atoms with Gasteiger partial charge in [-0.2, -0.15) is 4.98 Å². The standard InChI is InChI=1S/C20H19N5O2S/c1-3-21-19-15-9-4-5-10-16(15)22-20(24-19)28-12-17-23-18(25-27-17)13-7-6-8-14(11-13)26-2/h4-11H,3,12H2,1-2H3,(H,21,22,24). The van der Waals surface area contributed by atoms with Crippen LogP contribution in [-0.4, -0.2) is 33.8 Å². The van der Waals surface area contributed by atoms with Gasteiger partial charge in [-0.25, -0.2) is 9.97 Å². The number of methoxy groups -OCH3 is 1. The molecule has 0 spiro atoms. The molecule has 0 radical (unpaired) electrons. The molecule has 2 aromatic heterocycles. The van der Waals surface area contributed by atoms with Gasteiger partial charge in [0.1, 0.15) is 11.6 Å². The highest BCUT2D eigenvalue weighted by Gasteiger charge is 2.12. The number of anilines is 1. The van der Waals surface area contributed by atoms with E-state index in [1.807, 2.05) is 55.5 Å². The van der Waals surface area contributed by atoms with Gasteiger partial charge in [-0.1, -0.05) is 41.2 Å². The number of para-hydroxylation sites is 1. The summed E-state index contributed by atoms with van der Waals surface area (Å²) in [5.41, 5.74) is 1.74. The predicted octanol–water partition coefficient (Wildman–Crippen LogP) is 4.41. The average Bonchev–Trinajstić information content (AvgIpc) is 3.22. The molecule has 7 nitrogen and oxygen atoms in total. The Morgan fingerprint density at radius 1 is 1.07 bits per heavy atom. The minimum absolute atomic E-state index is 0.487. The zero-order valence-corrected chi connectivity index (χ0v) is 16.4. The molecular formula is C20H19N5O2S. The van der Waals surface area contributed by atoms with Gasteiger partial charge in [-0.3, -0.25) is 0 Å². The van der Waals surface area contributed by atoms with Crippen molar-refractivity contribution in [3.63, 3.8) is 0 Å². The monoisotopic (exact) mass is 393 g/mol. The maximum atomic E-state index is 5.39.